The number of halogens is 1. The molecule has 1 aliphatic rings. The van der Waals surface area contributed by atoms with E-state index in [1.807, 2.05) is 12.1 Å². The number of carbonyl (C=O) groups is 1. The van der Waals surface area contributed by atoms with Gasteiger partial charge in [0.25, 0.3) is 5.91 Å². The van der Waals surface area contributed by atoms with E-state index in [0.717, 1.165) is 29.3 Å². The predicted octanol–water partition coefficient (Wildman–Crippen LogP) is 3.79. The SMILES string of the molecule is CC1CCC(CCNC(=O)c2ncccc2Br)CC1. The van der Waals surface area contributed by atoms with E-state index in [1.54, 1.807) is 6.20 Å². The molecule has 4 heteroatoms. The van der Waals surface area contributed by atoms with Crippen molar-refractivity contribution in [2.45, 2.75) is 39.0 Å². The van der Waals surface area contributed by atoms with Crippen LogP contribution in [0.5, 0.6) is 0 Å². The third kappa shape index (κ3) is 4.30. The smallest absolute Gasteiger partial charge is 0.271 e. The molecule has 19 heavy (non-hydrogen) atoms. The summed E-state index contributed by atoms with van der Waals surface area (Å²) in [4.78, 5) is 16.1. The second-order valence-electron chi connectivity index (χ2n) is 5.50. The van der Waals surface area contributed by atoms with Crippen LogP contribution in [0.3, 0.4) is 0 Å². The Kier molecular flexibility index (Phi) is 5.37. The molecule has 1 aliphatic carbocycles. The van der Waals surface area contributed by atoms with Crippen molar-refractivity contribution in [2.24, 2.45) is 11.8 Å². The molecule has 0 aromatic carbocycles. The highest BCUT2D eigenvalue weighted by molar-refractivity contribution is 9.10. The molecule has 0 aliphatic heterocycles. The van der Waals surface area contributed by atoms with Crippen LogP contribution in [0.4, 0.5) is 0 Å². The van der Waals surface area contributed by atoms with Gasteiger partial charge in [0.05, 0.1) is 0 Å². The van der Waals surface area contributed by atoms with E-state index in [4.69, 9.17) is 0 Å². The first kappa shape index (κ1) is 14.5. The summed E-state index contributed by atoms with van der Waals surface area (Å²) in [5.41, 5.74) is 0.472. The Bertz CT molecular complexity index is 428. The monoisotopic (exact) mass is 324 g/mol. The molecular weight excluding hydrogens is 304 g/mol. The van der Waals surface area contributed by atoms with Crippen LogP contribution in [0.2, 0.25) is 0 Å². The summed E-state index contributed by atoms with van der Waals surface area (Å²) in [7, 11) is 0. The van der Waals surface area contributed by atoms with Gasteiger partial charge in [0, 0.05) is 17.2 Å². The minimum Gasteiger partial charge on any atom is -0.351 e. The molecule has 3 nitrogen and oxygen atoms in total. The molecule has 1 N–H and O–H groups in total. The van der Waals surface area contributed by atoms with E-state index in [2.05, 4.69) is 33.2 Å². The van der Waals surface area contributed by atoms with E-state index in [1.165, 1.54) is 25.7 Å². The zero-order chi connectivity index (χ0) is 13.7. The number of nitrogens with one attached hydrogen (secondary N) is 1. The van der Waals surface area contributed by atoms with E-state index in [9.17, 15) is 4.79 Å². The summed E-state index contributed by atoms with van der Waals surface area (Å²) in [6, 6.07) is 3.65. The lowest BCUT2D eigenvalue weighted by atomic mass is 9.81. The maximum absolute atomic E-state index is 12.0. The topological polar surface area (TPSA) is 42.0 Å². The van der Waals surface area contributed by atoms with Crippen molar-refractivity contribution in [2.75, 3.05) is 6.54 Å². The number of hydrogen-bond donors (Lipinski definition) is 1. The molecule has 0 spiro atoms. The number of nitrogens with zero attached hydrogens (tertiary/aromatic N) is 1. The van der Waals surface area contributed by atoms with E-state index < -0.39 is 0 Å². The van der Waals surface area contributed by atoms with Crippen molar-refractivity contribution in [3.63, 3.8) is 0 Å². The van der Waals surface area contributed by atoms with Crippen molar-refractivity contribution in [3.8, 4) is 0 Å². The highest BCUT2D eigenvalue weighted by atomic mass is 79.9. The number of pyridine rings is 1. The van der Waals surface area contributed by atoms with Crippen LogP contribution >= 0.6 is 15.9 Å². The molecule has 0 bridgehead atoms. The van der Waals surface area contributed by atoms with Crippen molar-refractivity contribution in [1.82, 2.24) is 10.3 Å². The minimum atomic E-state index is -0.0864. The Labute approximate surface area is 123 Å². The van der Waals surface area contributed by atoms with Gasteiger partial charge >= 0.3 is 0 Å². The summed E-state index contributed by atoms with van der Waals surface area (Å²) in [6.45, 7) is 3.08. The molecule has 0 radical (unpaired) electrons. The zero-order valence-electron chi connectivity index (χ0n) is 11.4. The maximum atomic E-state index is 12.0. The van der Waals surface area contributed by atoms with Crippen LogP contribution in [0.25, 0.3) is 0 Å². The van der Waals surface area contributed by atoms with Gasteiger partial charge in [-0.2, -0.15) is 0 Å². The molecule has 0 unspecified atom stereocenters. The van der Waals surface area contributed by atoms with Crippen LogP contribution in [0.1, 0.15) is 49.5 Å². The van der Waals surface area contributed by atoms with Crippen molar-refractivity contribution in [1.29, 1.82) is 0 Å². The molecule has 1 heterocycles. The average molecular weight is 325 g/mol. The minimum absolute atomic E-state index is 0.0864. The molecule has 0 atom stereocenters. The van der Waals surface area contributed by atoms with Crippen LogP contribution in [-0.4, -0.2) is 17.4 Å². The van der Waals surface area contributed by atoms with E-state index in [-0.39, 0.29) is 5.91 Å². The molecule has 1 aromatic heterocycles. The van der Waals surface area contributed by atoms with Crippen molar-refractivity contribution in [3.05, 3.63) is 28.5 Å². The summed E-state index contributed by atoms with van der Waals surface area (Å²) in [5.74, 6) is 1.58. The fourth-order valence-corrected chi connectivity index (χ4v) is 3.08. The number of amides is 1. The first-order valence-corrected chi connectivity index (χ1v) is 7.85. The fraction of sp³-hybridized carbons (Fsp3) is 0.600. The Morgan fingerprint density at radius 2 is 2.16 bits per heavy atom. The first-order chi connectivity index (χ1) is 9.16. The molecule has 0 saturated heterocycles. The number of rotatable bonds is 4. The second kappa shape index (κ2) is 7.04. The highest BCUT2D eigenvalue weighted by Crippen LogP contribution is 2.29. The van der Waals surface area contributed by atoms with Crippen LogP contribution < -0.4 is 5.32 Å². The lowest BCUT2D eigenvalue weighted by molar-refractivity contribution is 0.0944. The van der Waals surface area contributed by atoms with Crippen molar-refractivity contribution < 1.29 is 4.79 Å². The van der Waals surface area contributed by atoms with Crippen LogP contribution in [0, 0.1) is 11.8 Å². The number of aromatic nitrogens is 1. The molecule has 2 rings (SSSR count). The standard InChI is InChI=1S/C15H21BrN2O/c1-11-4-6-12(7-5-11)8-10-18-15(19)14-13(16)3-2-9-17-14/h2-3,9,11-12H,4-8,10H2,1H3,(H,18,19). The first-order valence-electron chi connectivity index (χ1n) is 7.05. The number of hydrogen-bond acceptors (Lipinski definition) is 2. The number of carbonyl (C=O) groups excluding carboxylic acids is 1. The van der Waals surface area contributed by atoms with Crippen molar-refractivity contribution >= 4 is 21.8 Å². The average Bonchev–Trinajstić information content (AvgIpc) is 2.41. The lowest BCUT2D eigenvalue weighted by Crippen LogP contribution is -2.27. The molecular formula is C15H21BrN2O. The van der Waals surface area contributed by atoms with Gasteiger partial charge in [0.2, 0.25) is 0 Å². The third-order valence-corrected chi connectivity index (χ3v) is 4.59. The van der Waals surface area contributed by atoms with Gasteiger partial charge in [-0.15, -0.1) is 0 Å². The third-order valence-electron chi connectivity index (χ3n) is 3.95. The van der Waals surface area contributed by atoms with Crippen LogP contribution in [-0.2, 0) is 0 Å². The fourth-order valence-electron chi connectivity index (χ4n) is 2.64. The molecule has 1 amide bonds. The van der Waals surface area contributed by atoms with E-state index >= 15 is 0 Å². The highest BCUT2D eigenvalue weighted by Gasteiger charge is 2.18. The largest absolute Gasteiger partial charge is 0.351 e. The van der Waals surface area contributed by atoms with Gasteiger partial charge < -0.3 is 5.32 Å². The molecule has 104 valence electrons. The Morgan fingerprint density at radius 1 is 1.42 bits per heavy atom. The van der Waals surface area contributed by atoms with Gasteiger partial charge in [-0.05, 0) is 46.3 Å². The predicted molar refractivity (Wildman–Crippen MR) is 80.0 cm³/mol. The van der Waals surface area contributed by atoms with Gasteiger partial charge in [-0.25, -0.2) is 4.98 Å². The zero-order valence-corrected chi connectivity index (χ0v) is 12.9. The van der Waals surface area contributed by atoms with Gasteiger partial charge in [-0.1, -0.05) is 32.6 Å². The summed E-state index contributed by atoms with van der Waals surface area (Å²) >= 11 is 3.35. The molecule has 1 fully saturated rings. The molecule has 1 saturated carbocycles. The quantitative estimate of drug-likeness (QED) is 0.915. The second-order valence-corrected chi connectivity index (χ2v) is 6.36. The molecule has 1 aromatic rings. The lowest BCUT2D eigenvalue weighted by Gasteiger charge is -2.26. The Balaban J connectivity index is 1.74. The van der Waals surface area contributed by atoms with Crippen LogP contribution in [0.15, 0.2) is 22.8 Å². The Hall–Kier alpha value is -0.900. The normalized spacial score (nSPS) is 23.1. The Morgan fingerprint density at radius 3 is 2.84 bits per heavy atom. The summed E-state index contributed by atoms with van der Waals surface area (Å²) in [5, 5.41) is 2.97. The van der Waals surface area contributed by atoms with Gasteiger partial charge in [0.1, 0.15) is 5.69 Å². The van der Waals surface area contributed by atoms with Gasteiger partial charge in [0.15, 0.2) is 0 Å². The van der Waals surface area contributed by atoms with Gasteiger partial charge in [-0.3, -0.25) is 4.79 Å². The maximum Gasteiger partial charge on any atom is 0.271 e. The summed E-state index contributed by atoms with van der Waals surface area (Å²) in [6.07, 6.45) is 8.02. The van der Waals surface area contributed by atoms with E-state index in [0.29, 0.717) is 5.69 Å². The summed E-state index contributed by atoms with van der Waals surface area (Å²) < 4.78 is 0.749.